The standard InChI is InChI=1S/C9H5F3N2.ClH/c10-6-2-1-5(8(11)9(6)12)7-3-4-13-14-7;/h1-4H,(H,13,14);1H. The molecule has 1 aromatic carbocycles. The van der Waals surface area contributed by atoms with E-state index >= 15 is 0 Å². The molecule has 2 aromatic rings. The third kappa shape index (κ3) is 1.97. The van der Waals surface area contributed by atoms with Gasteiger partial charge in [0, 0.05) is 11.8 Å². The fourth-order valence-corrected chi connectivity index (χ4v) is 1.14. The van der Waals surface area contributed by atoms with E-state index in [9.17, 15) is 13.2 Å². The van der Waals surface area contributed by atoms with Gasteiger partial charge in [-0.3, -0.25) is 5.10 Å². The Bertz CT molecular complexity index is 457. The van der Waals surface area contributed by atoms with Crippen molar-refractivity contribution in [3.8, 4) is 11.3 Å². The molecule has 0 unspecified atom stereocenters. The molecule has 0 aliphatic rings. The van der Waals surface area contributed by atoms with Crippen LogP contribution < -0.4 is 0 Å². The number of halogens is 4. The summed E-state index contributed by atoms with van der Waals surface area (Å²) in [4.78, 5) is 0. The lowest BCUT2D eigenvalue weighted by Gasteiger charge is -2.01. The molecule has 0 bridgehead atoms. The molecule has 80 valence electrons. The molecule has 0 aliphatic heterocycles. The second kappa shape index (κ2) is 4.35. The van der Waals surface area contributed by atoms with Gasteiger partial charge in [0.25, 0.3) is 0 Å². The number of hydrogen-bond donors (Lipinski definition) is 1. The van der Waals surface area contributed by atoms with Crippen LogP contribution in [-0.2, 0) is 0 Å². The smallest absolute Gasteiger partial charge is 0.195 e. The van der Waals surface area contributed by atoms with E-state index in [0.29, 0.717) is 5.69 Å². The van der Waals surface area contributed by atoms with E-state index in [-0.39, 0.29) is 18.0 Å². The van der Waals surface area contributed by atoms with Gasteiger partial charge in [0.15, 0.2) is 17.5 Å². The van der Waals surface area contributed by atoms with Crippen LogP contribution in [0, 0.1) is 17.5 Å². The van der Waals surface area contributed by atoms with E-state index in [1.54, 1.807) is 0 Å². The molecule has 1 N–H and O–H groups in total. The number of hydrogen-bond acceptors (Lipinski definition) is 1. The highest BCUT2D eigenvalue weighted by Gasteiger charge is 2.14. The van der Waals surface area contributed by atoms with Crippen LogP contribution in [0.3, 0.4) is 0 Å². The first-order valence-electron chi connectivity index (χ1n) is 3.83. The summed E-state index contributed by atoms with van der Waals surface area (Å²) in [5.74, 6) is -3.89. The van der Waals surface area contributed by atoms with Crippen LogP contribution >= 0.6 is 12.4 Å². The maximum absolute atomic E-state index is 13.2. The summed E-state index contributed by atoms with van der Waals surface area (Å²) in [7, 11) is 0. The second-order valence-corrected chi connectivity index (χ2v) is 2.69. The third-order valence-corrected chi connectivity index (χ3v) is 1.83. The van der Waals surface area contributed by atoms with Gasteiger partial charge in [-0.2, -0.15) is 5.10 Å². The van der Waals surface area contributed by atoms with Crippen LogP contribution in [0.4, 0.5) is 13.2 Å². The van der Waals surface area contributed by atoms with Crippen LogP contribution in [0.25, 0.3) is 11.3 Å². The molecule has 0 fully saturated rings. The first-order valence-corrected chi connectivity index (χ1v) is 3.83. The van der Waals surface area contributed by atoms with Crippen LogP contribution in [0.1, 0.15) is 0 Å². The predicted molar refractivity (Wildman–Crippen MR) is 51.1 cm³/mol. The molecule has 0 saturated heterocycles. The van der Waals surface area contributed by atoms with Crippen LogP contribution in [0.5, 0.6) is 0 Å². The van der Waals surface area contributed by atoms with Crippen molar-refractivity contribution in [1.29, 1.82) is 0 Å². The molecule has 1 heterocycles. The van der Waals surface area contributed by atoms with Gasteiger partial charge < -0.3 is 0 Å². The molecule has 0 spiro atoms. The van der Waals surface area contributed by atoms with Crippen molar-refractivity contribution in [2.45, 2.75) is 0 Å². The highest BCUT2D eigenvalue weighted by molar-refractivity contribution is 5.85. The monoisotopic (exact) mass is 234 g/mol. The quantitative estimate of drug-likeness (QED) is 0.755. The third-order valence-electron chi connectivity index (χ3n) is 1.83. The molecule has 1 aromatic heterocycles. The van der Waals surface area contributed by atoms with Gasteiger partial charge in [-0.1, -0.05) is 0 Å². The number of H-pyrrole nitrogens is 1. The lowest BCUT2D eigenvalue weighted by atomic mass is 10.1. The maximum Gasteiger partial charge on any atom is 0.195 e. The van der Waals surface area contributed by atoms with E-state index < -0.39 is 17.5 Å². The molecule has 0 atom stereocenters. The minimum Gasteiger partial charge on any atom is -0.278 e. The Morgan fingerprint density at radius 3 is 2.33 bits per heavy atom. The van der Waals surface area contributed by atoms with Crippen molar-refractivity contribution in [2.75, 3.05) is 0 Å². The van der Waals surface area contributed by atoms with E-state index in [0.717, 1.165) is 12.1 Å². The number of nitrogens with zero attached hydrogens (tertiary/aromatic N) is 1. The molecule has 15 heavy (non-hydrogen) atoms. The SMILES string of the molecule is Cl.Fc1ccc(-c2ccn[nH]2)c(F)c1F. The first kappa shape index (κ1) is 11.6. The van der Waals surface area contributed by atoms with E-state index in [2.05, 4.69) is 10.2 Å². The molecular formula is C9H6ClF3N2. The summed E-state index contributed by atoms with van der Waals surface area (Å²) in [5, 5.41) is 6.05. The van der Waals surface area contributed by atoms with Gasteiger partial charge in [-0.15, -0.1) is 12.4 Å². The molecule has 0 radical (unpaired) electrons. The normalized spacial score (nSPS) is 9.80. The fourth-order valence-electron chi connectivity index (χ4n) is 1.14. The maximum atomic E-state index is 13.2. The Kier molecular flexibility index (Phi) is 3.36. The zero-order chi connectivity index (χ0) is 10.1. The highest BCUT2D eigenvalue weighted by atomic mass is 35.5. The Hall–Kier alpha value is -1.49. The van der Waals surface area contributed by atoms with Gasteiger partial charge in [-0.05, 0) is 18.2 Å². The van der Waals surface area contributed by atoms with Gasteiger partial charge in [0.2, 0.25) is 0 Å². The molecule has 0 saturated carbocycles. The average Bonchev–Trinajstić information content (AvgIpc) is 2.67. The highest BCUT2D eigenvalue weighted by Crippen LogP contribution is 2.23. The minimum absolute atomic E-state index is 0. The number of rotatable bonds is 1. The van der Waals surface area contributed by atoms with Gasteiger partial charge in [-0.25, -0.2) is 13.2 Å². The largest absolute Gasteiger partial charge is 0.278 e. The number of nitrogens with one attached hydrogen (secondary N) is 1. The molecule has 2 rings (SSSR count). The molecule has 0 amide bonds. The Morgan fingerprint density at radius 2 is 1.73 bits per heavy atom. The van der Waals surface area contributed by atoms with Crippen LogP contribution in [0.15, 0.2) is 24.4 Å². The van der Waals surface area contributed by atoms with Crippen LogP contribution in [0.2, 0.25) is 0 Å². The molecular weight excluding hydrogens is 229 g/mol. The van der Waals surface area contributed by atoms with Crippen molar-refractivity contribution in [2.24, 2.45) is 0 Å². The Morgan fingerprint density at radius 1 is 1.00 bits per heavy atom. The lowest BCUT2D eigenvalue weighted by molar-refractivity contribution is 0.449. The number of aromatic amines is 1. The van der Waals surface area contributed by atoms with Crippen molar-refractivity contribution in [1.82, 2.24) is 10.2 Å². The topological polar surface area (TPSA) is 28.7 Å². The lowest BCUT2D eigenvalue weighted by Crippen LogP contribution is -1.93. The Balaban J connectivity index is 0.00000112. The number of benzene rings is 1. The summed E-state index contributed by atoms with van der Waals surface area (Å²) >= 11 is 0. The average molecular weight is 235 g/mol. The van der Waals surface area contributed by atoms with E-state index in [1.807, 2.05) is 0 Å². The zero-order valence-electron chi connectivity index (χ0n) is 7.30. The summed E-state index contributed by atoms with van der Waals surface area (Å²) in [6.07, 6.45) is 1.40. The Labute approximate surface area is 89.5 Å². The fraction of sp³-hybridized carbons (Fsp3) is 0. The summed E-state index contributed by atoms with van der Waals surface area (Å²) in [5.41, 5.74) is 0.266. The van der Waals surface area contributed by atoms with E-state index in [4.69, 9.17) is 0 Å². The summed E-state index contributed by atoms with van der Waals surface area (Å²) in [6, 6.07) is 3.49. The summed E-state index contributed by atoms with van der Waals surface area (Å²) < 4.78 is 38.5. The van der Waals surface area contributed by atoms with E-state index in [1.165, 1.54) is 12.3 Å². The summed E-state index contributed by atoms with van der Waals surface area (Å²) in [6.45, 7) is 0. The van der Waals surface area contributed by atoms with Crippen molar-refractivity contribution >= 4 is 12.4 Å². The van der Waals surface area contributed by atoms with Crippen molar-refractivity contribution < 1.29 is 13.2 Å². The minimum atomic E-state index is -1.47. The molecule has 0 aliphatic carbocycles. The second-order valence-electron chi connectivity index (χ2n) is 2.69. The first-order chi connectivity index (χ1) is 6.70. The van der Waals surface area contributed by atoms with Gasteiger partial charge in [0.1, 0.15) is 0 Å². The zero-order valence-corrected chi connectivity index (χ0v) is 8.12. The van der Waals surface area contributed by atoms with Crippen LogP contribution in [-0.4, -0.2) is 10.2 Å². The number of aromatic nitrogens is 2. The predicted octanol–water partition coefficient (Wildman–Crippen LogP) is 2.92. The molecule has 2 nitrogen and oxygen atoms in total. The van der Waals surface area contributed by atoms with Gasteiger partial charge >= 0.3 is 0 Å². The molecule has 6 heteroatoms. The van der Waals surface area contributed by atoms with Gasteiger partial charge in [0.05, 0.1) is 5.69 Å². The van der Waals surface area contributed by atoms with Crippen molar-refractivity contribution in [3.05, 3.63) is 41.8 Å². The van der Waals surface area contributed by atoms with Crippen molar-refractivity contribution in [3.63, 3.8) is 0 Å².